The molecule has 0 N–H and O–H groups in total. The van der Waals surface area contributed by atoms with Crippen molar-refractivity contribution in [2.75, 3.05) is 0 Å². The lowest BCUT2D eigenvalue weighted by atomic mass is 10.2. The van der Waals surface area contributed by atoms with E-state index in [9.17, 15) is 0 Å². The number of aromatic nitrogens is 2. The van der Waals surface area contributed by atoms with E-state index in [-0.39, 0.29) is 0 Å². The predicted molar refractivity (Wildman–Crippen MR) is 49.3 cm³/mol. The number of benzene rings is 1. The van der Waals surface area contributed by atoms with E-state index in [0.717, 1.165) is 10.9 Å². The molecule has 12 heavy (non-hydrogen) atoms. The zero-order valence-electron chi connectivity index (χ0n) is 6.34. The van der Waals surface area contributed by atoms with Gasteiger partial charge in [-0.2, -0.15) is 0 Å². The van der Waals surface area contributed by atoms with Gasteiger partial charge in [-0.05, 0) is 18.2 Å². The van der Waals surface area contributed by atoms with Crippen molar-refractivity contribution in [3.8, 4) is 0 Å². The Labute approximate surface area is 75.3 Å². The molecule has 1 heterocycles. The monoisotopic (exact) mass is 175 g/mol. The largest absolute Gasteiger partial charge is 0.307 e. The van der Waals surface area contributed by atoms with Crippen molar-refractivity contribution < 1.29 is 3.73 Å². The predicted octanol–water partition coefficient (Wildman–Crippen LogP) is 1.76. The molecule has 0 aliphatic heterocycles. The second-order valence-electron chi connectivity index (χ2n) is 2.46. The summed E-state index contributed by atoms with van der Waals surface area (Å²) in [4.78, 5) is 0. The molecule has 0 unspecified atom stereocenters. The van der Waals surface area contributed by atoms with Gasteiger partial charge < -0.3 is 0 Å². The van der Waals surface area contributed by atoms with Crippen LogP contribution in [0.5, 0.6) is 0 Å². The molecule has 2 aromatic rings. The van der Waals surface area contributed by atoms with E-state index < -0.39 is 0 Å². The Bertz CT molecular complexity index is 468. The molecule has 2 rings (SSSR count). The van der Waals surface area contributed by atoms with Gasteiger partial charge in [0, 0.05) is 14.9 Å². The Morgan fingerprint density at radius 2 is 1.83 bits per heavy atom. The fourth-order valence-corrected chi connectivity index (χ4v) is 1.33. The quantitative estimate of drug-likeness (QED) is 0.568. The second kappa shape index (κ2) is 2.95. The summed E-state index contributed by atoms with van der Waals surface area (Å²) in [5, 5.41) is 5.10. The summed E-state index contributed by atoms with van der Waals surface area (Å²) in [6, 6.07) is 11.8. The first-order valence-electron chi connectivity index (χ1n) is 3.65. The van der Waals surface area contributed by atoms with Crippen LogP contribution in [-0.2, 0) is 0 Å². The minimum atomic E-state index is 0.956. The van der Waals surface area contributed by atoms with Crippen LogP contribution in [0.15, 0.2) is 42.6 Å². The van der Waals surface area contributed by atoms with Gasteiger partial charge in [-0.15, -0.1) is 0 Å². The fraction of sp³-hybridized carbons (Fsp3) is 0. The van der Waals surface area contributed by atoms with Crippen LogP contribution in [0.25, 0.3) is 10.9 Å². The molecule has 1 aromatic carbocycles. The molecule has 0 saturated heterocycles. The molecular weight excluding hydrogens is 168 g/mol. The highest BCUT2D eigenvalue weighted by Gasteiger charge is 1.98. The summed E-state index contributed by atoms with van der Waals surface area (Å²) in [6.45, 7) is 0. The first kappa shape index (κ1) is 7.31. The molecule has 2 nitrogen and oxygen atoms in total. The van der Waals surface area contributed by atoms with Crippen LogP contribution < -0.4 is 3.73 Å². The molecule has 1 aromatic heterocycles. The summed E-state index contributed by atoms with van der Waals surface area (Å²) in [5.41, 5.74) is 0.956. The Kier molecular flexibility index (Phi) is 1.80. The lowest BCUT2D eigenvalue weighted by Gasteiger charge is -1.80. The molecule has 0 fully saturated rings. The molecule has 0 spiro atoms. The van der Waals surface area contributed by atoms with Gasteiger partial charge in [0.2, 0.25) is 0 Å². The third-order valence-electron chi connectivity index (χ3n) is 1.68. The summed E-state index contributed by atoms with van der Waals surface area (Å²) >= 11 is 5.03. The first-order chi connectivity index (χ1) is 5.88. The minimum absolute atomic E-state index is 0.956. The molecule has 0 aliphatic rings. The van der Waals surface area contributed by atoms with Crippen molar-refractivity contribution in [2.45, 2.75) is 0 Å². The van der Waals surface area contributed by atoms with Crippen molar-refractivity contribution in [3.05, 3.63) is 42.6 Å². The smallest absolute Gasteiger partial charge is 0.0612 e. The Morgan fingerprint density at radius 1 is 1.08 bits per heavy atom. The SMILES string of the molecule is S=[n+]1ncccc2ccccc21. The lowest BCUT2D eigenvalue weighted by Crippen LogP contribution is -2.13. The van der Waals surface area contributed by atoms with Crippen LogP contribution in [0.4, 0.5) is 0 Å². The van der Waals surface area contributed by atoms with Crippen molar-refractivity contribution in [2.24, 2.45) is 0 Å². The first-order valence-corrected chi connectivity index (χ1v) is 4.01. The normalized spacial score (nSPS) is 10.0. The van der Waals surface area contributed by atoms with Crippen LogP contribution in [-0.4, -0.2) is 5.10 Å². The van der Waals surface area contributed by atoms with Crippen molar-refractivity contribution in [1.29, 1.82) is 0 Å². The van der Waals surface area contributed by atoms with Gasteiger partial charge in [0.25, 0.3) is 5.52 Å². The maximum absolute atomic E-state index is 5.03. The molecule has 58 valence electrons. The third kappa shape index (κ3) is 1.19. The van der Waals surface area contributed by atoms with E-state index in [2.05, 4.69) is 5.10 Å². The second-order valence-corrected chi connectivity index (χ2v) is 2.80. The summed E-state index contributed by atoms with van der Waals surface area (Å²) in [5.74, 6) is 0. The van der Waals surface area contributed by atoms with Gasteiger partial charge in [0.15, 0.2) is 0 Å². The van der Waals surface area contributed by atoms with Gasteiger partial charge in [0.05, 0.1) is 11.6 Å². The maximum atomic E-state index is 5.03. The van der Waals surface area contributed by atoms with Gasteiger partial charge >= 0.3 is 12.4 Å². The Hall–Kier alpha value is -1.35. The van der Waals surface area contributed by atoms with E-state index in [1.165, 1.54) is 3.73 Å². The molecule has 0 aliphatic carbocycles. The van der Waals surface area contributed by atoms with Gasteiger partial charge in [-0.1, -0.05) is 12.1 Å². The van der Waals surface area contributed by atoms with E-state index in [4.69, 9.17) is 12.4 Å². The number of rotatable bonds is 0. The highest BCUT2D eigenvalue weighted by molar-refractivity contribution is 7.66. The molecule has 0 atom stereocenters. The number of hydrogen-bond acceptors (Lipinski definition) is 2. The highest BCUT2D eigenvalue weighted by atomic mass is 32.1. The Balaban J connectivity index is 3.06. The van der Waals surface area contributed by atoms with Gasteiger partial charge in [0.1, 0.15) is 0 Å². The average molecular weight is 175 g/mol. The van der Waals surface area contributed by atoms with Crippen LogP contribution in [0.3, 0.4) is 0 Å². The van der Waals surface area contributed by atoms with Crippen LogP contribution in [0, 0.1) is 0 Å². The topological polar surface area (TPSA) is 18.8 Å². The summed E-state index contributed by atoms with van der Waals surface area (Å²) < 4.78 is 1.45. The van der Waals surface area contributed by atoms with Crippen LogP contribution in [0.1, 0.15) is 0 Å². The van der Waals surface area contributed by atoms with Gasteiger partial charge in [-0.3, -0.25) is 0 Å². The zero-order chi connectivity index (χ0) is 8.39. The molecular formula is C9H7N2S+. The number of fused-ring (bicyclic) bond motifs is 1. The lowest BCUT2D eigenvalue weighted by molar-refractivity contribution is -0.477. The standard InChI is InChI=1S/C9H7N2S/c12-11-9-6-2-1-4-8(9)5-3-7-10-11/h1-7H/q+1. The molecule has 0 saturated carbocycles. The fourth-order valence-electron chi connectivity index (χ4n) is 1.11. The summed E-state index contributed by atoms with van der Waals surface area (Å²) in [7, 11) is 0. The zero-order valence-corrected chi connectivity index (χ0v) is 7.16. The number of para-hydroxylation sites is 1. The van der Waals surface area contributed by atoms with E-state index in [1.807, 2.05) is 36.4 Å². The van der Waals surface area contributed by atoms with Crippen LogP contribution in [0.2, 0.25) is 0 Å². The Morgan fingerprint density at radius 3 is 2.75 bits per heavy atom. The van der Waals surface area contributed by atoms with Crippen molar-refractivity contribution in [3.63, 3.8) is 0 Å². The van der Waals surface area contributed by atoms with Crippen LogP contribution >= 0.6 is 12.4 Å². The molecule has 3 heteroatoms. The van der Waals surface area contributed by atoms with E-state index >= 15 is 0 Å². The van der Waals surface area contributed by atoms with E-state index in [0.29, 0.717) is 0 Å². The van der Waals surface area contributed by atoms with E-state index in [1.54, 1.807) is 6.20 Å². The van der Waals surface area contributed by atoms with Crippen molar-refractivity contribution >= 4 is 23.3 Å². The number of hydrogen-bond donors (Lipinski definition) is 0. The summed E-state index contributed by atoms with van der Waals surface area (Å²) in [6.07, 6.45) is 1.69. The third-order valence-corrected chi connectivity index (χ3v) is 1.97. The number of nitrogens with zero attached hydrogens (tertiary/aromatic N) is 2. The molecule has 0 amide bonds. The molecule has 0 radical (unpaired) electrons. The maximum Gasteiger partial charge on any atom is 0.307 e. The highest BCUT2D eigenvalue weighted by Crippen LogP contribution is 2.04. The molecule has 0 bridgehead atoms. The van der Waals surface area contributed by atoms with Gasteiger partial charge in [-0.25, -0.2) is 0 Å². The van der Waals surface area contributed by atoms with Crippen molar-refractivity contribution in [1.82, 2.24) is 5.10 Å². The minimum Gasteiger partial charge on any atom is -0.0612 e. The average Bonchev–Trinajstić information content (AvgIpc) is 2.29.